The standard InChI is InChI=1S/C25H42N2O5/c1-2-3-4-5-6-10-13-23(28)27-18-24(29)26-17-20-19(21-15-16-22(20)32-21)12-9-7-8-11-14-25(30)31/h7,9,19-22H,2-6,8,10-18H2,1H3,(H,26,29)(H,27,28)(H,30,31)/b9-7+. The molecule has 2 bridgehead atoms. The third kappa shape index (κ3) is 9.72. The van der Waals surface area contributed by atoms with E-state index < -0.39 is 5.97 Å². The van der Waals surface area contributed by atoms with E-state index in [1.54, 1.807) is 0 Å². The molecule has 0 spiro atoms. The Labute approximate surface area is 192 Å². The molecule has 4 atom stereocenters. The number of carboxylic acids is 1. The average molecular weight is 451 g/mol. The van der Waals surface area contributed by atoms with Gasteiger partial charge in [0.15, 0.2) is 0 Å². The number of allylic oxidation sites excluding steroid dienone is 2. The Hall–Kier alpha value is -1.89. The molecule has 0 saturated carbocycles. The van der Waals surface area contributed by atoms with Crippen LogP contribution in [0.2, 0.25) is 0 Å². The van der Waals surface area contributed by atoms with Crippen LogP contribution in [0, 0.1) is 11.8 Å². The van der Waals surface area contributed by atoms with E-state index in [0.717, 1.165) is 38.5 Å². The van der Waals surface area contributed by atoms with Gasteiger partial charge in [-0.25, -0.2) is 0 Å². The predicted molar refractivity (Wildman–Crippen MR) is 124 cm³/mol. The first-order valence-electron chi connectivity index (χ1n) is 12.6. The topological polar surface area (TPSA) is 105 Å². The second kappa shape index (κ2) is 15.0. The fourth-order valence-corrected chi connectivity index (χ4v) is 4.85. The van der Waals surface area contributed by atoms with Crippen molar-refractivity contribution in [3.63, 3.8) is 0 Å². The zero-order chi connectivity index (χ0) is 23.2. The molecule has 2 amide bonds. The molecule has 182 valence electrons. The van der Waals surface area contributed by atoms with Crippen LogP contribution in [0.25, 0.3) is 0 Å². The number of fused-ring (bicyclic) bond motifs is 2. The molecule has 0 aromatic carbocycles. The molecule has 7 nitrogen and oxygen atoms in total. The maximum atomic E-state index is 12.2. The number of aliphatic carboxylic acids is 1. The Bertz CT molecular complexity index is 621. The number of carbonyl (C=O) groups is 3. The largest absolute Gasteiger partial charge is 0.481 e. The summed E-state index contributed by atoms with van der Waals surface area (Å²) >= 11 is 0. The van der Waals surface area contributed by atoms with Crippen molar-refractivity contribution in [3.8, 4) is 0 Å². The van der Waals surface area contributed by atoms with Gasteiger partial charge in [0, 0.05) is 25.3 Å². The molecular weight excluding hydrogens is 408 g/mol. The van der Waals surface area contributed by atoms with Crippen LogP contribution >= 0.6 is 0 Å². The zero-order valence-electron chi connectivity index (χ0n) is 19.7. The number of ether oxygens (including phenoxy) is 1. The third-order valence-electron chi connectivity index (χ3n) is 6.67. The number of amides is 2. The fraction of sp³-hybridized carbons (Fsp3) is 0.800. The lowest BCUT2D eigenvalue weighted by molar-refractivity contribution is -0.137. The van der Waals surface area contributed by atoms with Crippen molar-refractivity contribution >= 4 is 17.8 Å². The first kappa shape index (κ1) is 26.4. The Morgan fingerprint density at radius 2 is 1.59 bits per heavy atom. The molecule has 0 radical (unpaired) electrons. The normalized spacial score (nSPS) is 24.2. The van der Waals surface area contributed by atoms with Gasteiger partial charge in [-0.2, -0.15) is 0 Å². The molecule has 4 unspecified atom stereocenters. The van der Waals surface area contributed by atoms with Gasteiger partial charge in [-0.1, -0.05) is 51.2 Å². The molecule has 0 aromatic rings. The molecule has 32 heavy (non-hydrogen) atoms. The van der Waals surface area contributed by atoms with Crippen LogP contribution in [-0.4, -0.2) is 48.2 Å². The highest BCUT2D eigenvalue weighted by molar-refractivity contribution is 5.84. The smallest absolute Gasteiger partial charge is 0.303 e. The van der Waals surface area contributed by atoms with E-state index in [9.17, 15) is 14.4 Å². The highest BCUT2D eigenvalue weighted by Crippen LogP contribution is 2.44. The minimum atomic E-state index is -0.755. The van der Waals surface area contributed by atoms with Crippen molar-refractivity contribution < 1.29 is 24.2 Å². The minimum Gasteiger partial charge on any atom is -0.481 e. The monoisotopic (exact) mass is 450 g/mol. The van der Waals surface area contributed by atoms with Crippen LogP contribution in [0.15, 0.2) is 12.2 Å². The lowest BCUT2D eigenvalue weighted by atomic mass is 9.77. The number of carbonyl (C=O) groups excluding carboxylic acids is 2. The molecule has 2 aliphatic heterocycles. The van der Waals surface area contributed by atoms with Gasteiger partial charge in [0.1, 0.15) is 0 Å². The van der Waals surface area contributed by atoms with Crippen LogP contribution in [0.3, 0.4) is 0 Å². The van der Waals surface area contributed by atoms with Crippen molar-refractivity contribution in [1.29, 1.82) is 0 Å². The zero-order valence-corrected chi connectivity index (χ0v) is 19.7. The number of carboxylic acid groups (broad SMARTS) is 1. The van der Waals surface area contributed by atoms with Crippen LogP contribution in [-0.2, 0) is 19.1 Å². The lowest BCUT2D eigenvalue weighted by Gasteiger charge is -2.27. The summed E-state index contributed by atoms with van der Waals surface area (Å²) in [7, 11) is 0. The van der Waals surface area contributed by atoms with Gasteiger partial charge in [-0.05, 0) is 44.4 Å². The molecule has 2 fully saturated rings. The summed E-state index contributed by atoms with van der Waals surface area (Å²) in [5.74, 6) is -0.279. The lowest BCUT2D eigenvalue weighted by Crippen LogP contribution is -2.42. The average Bonchev–Trinajstić information content (AvgIpc) is 3.37. The van der Waals surface area contributed by atoms with E-state index in [1.807, 2.05) is 0 Å². The second-order valence-electron chi connectivity index (χ2n) is 9.21. The summed E-state index contributed by atoms with van der Waals surface area (Å²) in [5, 5.41) is 14.4. The van der Waals surface area contributed by atoms with Crippen LogP contribution < -0.4 is 10.6 Å². The molecule has 0 aromatic heterocycles. The summed E-state index contributed by atoms with van der Waals surface area (Å²) < 4.78 is 6.08. The van der Waals surface area contributed by atoms with Gasteiger partial charge in [-0.15, -0.1) is 0 Å². The maximum Gasteiger partial charge on any atom is 0.303 e. The number of hydrogen-bond donors (Lipinski definition) is 3. The maximum absolute atomic E-state index is 12.2. The van der Waals surface area contributed by atoms with Gasteiger partial charge in [0.25, 0.3) is 0 Å². The Morgan fingerprint density at radius 3 is 2.34 bits per heavy atom. The van der Waals surface area contributed by atoms with E-state index in [1.165, 1.54) is 25.7 Å². The second-order valence-corrected chi connectivity index (χ2v) is 9.21. The number of hydrogen-bond acceptors (Lipinski definition) is 4. The summed E-state index contributed by atoms with van der Waals surface area (Å²) in [5.41, 5.74) is 0. The molecular formula is C25H42N2O5. The Kier molecular flexibility index (Phi) is 12.4. The molecule has 2 saturated heterocycles. The van der Waals surface area contributed by atoms with Gasteiger partial charge < -0.3 is 20.5 Å². The SMILES string of the molecule is CCCCCCCCC(=O)NCC(=O)NCC1C2CCC(O2)C1C/C=C/CCCC(=O)O. The van der Waals surface area contributed by atoms with E-state index in [0.29, 0.717) is 31.2 Å². The van der Waals surface area contributed by atoms with Crippen molar-refractivity contribution in [3.05, 3.63) is 12.2 Å². The summed E-state index contributed by atoms with van der Waals surface area (Å²) in [6, 6.07) is 0. The molecule has 0 aliphatic carbocycles. The number of unbranched alkanes of at least 4 members (excludes halogenated alkanes) is 6. The van der Waals surface area contributed by atoms with E-state index in [-0.39, 0.29) is 37.0 Å². The molecule has 2 rings (SSSR count). The van der Waals surface area contributed by atoms with E-state index >= 15 is 0 Å². The van der Waals surface area contributed by atoms with Crippen LogP contribution in [0.1, 0.15) is 90.4 Å². The van der Waals surface area contributed by atoms with Crippen LogP contribution in [0.4, 0.5) is 0 Å². The molecule has 3 N–H and O–H groups in total. The van der Waals surface area contributed by atoms with E-state index in [4.69, 9.17) is 9.84 Å². The Balaban J connectivity index is 1.61. The van der Waals surface area contributed by atoms with Gasteiger partial charge in [0.05, 0.1) is 18.8 Å². The fourth-order valence-electron chi connectivity index (χ4n) is 4.85. The van der Waals surface area contributed by atoms with Gasteiger partial charge in [-0.3, -0.25) is 14.4 Å². The summed E-state index contributed by atoms with van der Waals surface area (Å²) in [6.45, 7) is 2.79. The predicted octanol–water partition coefficient (Wildman–Crippen LogP) is 3.96. The van der Waals surface area contributed by atoms with Crippen molar-refractivity contribution in [1.82, 2.24) is 10.6 Å². The molecule has 7 heteroatoms. The summed E-state index contributed by atoms with van der Waals surface area (Å²) in [4.78, 5) is 34.7. The molecule has 2 heterocycles. The third-order valence-corrected chi connectivity index (χ3v) is 6.67. The van der Waals surface area contributed by atoms with Crippen LogP contribution in [0.5, 0.6) is 0 Å². The Morgan fingerprint density at radius 1 is 0.875 bits per heavy atom. The van der Waals surface area contributed by atoms with Crippen molar-refractivity contribution in [2.45, 2.75) is 103 Å². The van der Waals surface area contributed by atoms with Crippen molar-refractivity contribution in [2.75, 3.05) is 13.1 Å². The highest BCUT2D eigenvalue weighted by atomic mass is 16.5. The number of rotatable bonds is 17. The first-order valence-corrected chi connectivity index (χ1v) is 12.6. The minimum absolute atomic E-state index is 0.0322. The summed E-state index contributed by atoms with van der Waals surface area (Å²) in [6.07, 6.45) is 16.6. The van der Waals surface area contributed by atoms with Gasteiger partial charge in [0.2, 0.25) is 11.8 Å². The first-order chi connectivity index (χ1) is 15.5. The highest BCUT2D eigenvalue weighted by Gasteiger charge is 2.47. The van der Waals surface area contributed by atoms with E-state index in [2.05, 4.69) is 29.7 Å². The molecule has 2 aliphatic rings. The quantitative estimate of drug-likeness (QED) is 0.230. The van der Waals surface area contributed by atoms with Gasteiger partial charge >= 0.3 is 5.97 Å². The van der Waals surface area contributed by atoms with Crippen molar-refractivity contribution in [2.24, 2.45) is 11.8 Å². The number of nitrogens with one attached hydrogen (secondary N) is 2.